The lowest BCUT2D eigenvalue weighted by molar-refractivity contribution is 0.105. The zero-order valence-electron chi connectivity index (χ0n) is 9.56. The Labute approximate surface area is 95.1 Å². The first-order valence-electron chi connectivity index (χ1n) is 4.94. The zero-order valence-corrected chi connectivity index (χ0v) is 9.56. The number of rotatable bonds is 7. The zero-order chi connectivity index (χ0) is 11.8. The van der Waals surface area contributed by atoms with Crippen molar-refractivity contribution in [1.82, 2.24) is 0 Å². The Hall–Kier alpha value is -1.46. The van der Waals surface area contributed by atoms with Crippen LogP contribution in [0.2, 0.25) is 0 Å². The van der Waals surface area contributed by atoms with Crippen LogP contribution in [-0.4, -0.2) is 34.2 Å². The van der Waals surface area contributed by atoms with E-state index in [0.717, 1.165) is 0 Å². The van der Waals surface area contributed by atoms with Gasteiger partial charge in [-0.1, -0.05) is 0 Å². The molecule has 0 aromatic heterocycles. The van der Waals surface area contributed by atoms with Crippen molar-refractivity contribution in [3.05, 3.63) is 18.2 Å². The first-order chi connectivity index (χ1) is 7.80. The van der Waals surface area contributed by atoms with Crippen LogP contribution in [0.3, 0.4) is 0 Å². The molecule has 0 aliphatic carbocycles. The van der Waals surface area contributed by atoms with Crippen molar-refractivity contribution in [2.45, 2.75) is 0 Å². The van der Waals surface area contributed by atoms with Gasteiger partial charge in [0.2, 0.25) is 0 Å². The molecule has 1 rings (SSSR count). The number of ether oxygens (including phenoxy) is 4. The summed E-state index contributed by atoms with van der Waals surface area (Å²) in [5.41, 5.74) is 5.18. The highest BCUT2D eigenvalue weighted by Gasteiger charge is 2.02. The summed E-state index contributed by atoms with van der Waals surface area (Å²) >= 11 is 0. The smallest absolute Gasteiger partial charge is 0.126 e. The number of benzene rings is 1. The minimum absolute atomic E-state index is 0.199. The van der Waals surface area contributed by atoms with Crippen LogP contribution in [0.25, 0.3) is 0 Å². The van der Waals surface area contributed by atoms with Crippen molar-refractivity contribution < 1.29 is 18.9 Å². The van der Waals surface area contributed by atoms with Crippen LogP contribution in [0.1, 0.15) is 0 Å². The van der Waals surface area contributed by atoms with Crippen LogP contribution >= 0.6 is 0 Å². The maximum atomic E-state index is 5.45. The van der Waals surface area contributed by atoms with Crippen LogP contribution < -0.4 is 19.9 Å². The lowest BCUT2D eigenvalue weighted by atomic mass is 10.3. The first kappa shape index (κ1) is 12.6. The second-order valence-electron chi connectivity index (χ2n) is 2.97. The average Bonchev–Trinajstić information content (AvgIpc) is 2.34. The second kappa shape index (κ2) is 6.92. The van der Waals surface area contributed by atoms with Crippen molar-refractivity contribution >= 4 is 0 Å². The number of hydrogen-bond donors (Lipinski definition) is 1. The summed E-state index contributed by atoms with van der Waals surface area (Å²) in [5, 5.41) is 0. The summed E-state index contributed by atoms with van der Waals surface area (Å²) < 4.78 is 20.6. The van der Waals surface area contributed by atoms with Crippen LogP contribution in [-0.2, 0) is 4.74 Å². The van der Waals surface area contributed by atoms with Gasteiger partial charge in [0, 0.05) is 18.2 Å². The molecule has 0 unspecified atom stereocenters. The second-order valence-corrected chi connectivity index (χ2v) is 2.97. The van der Waals surface area contributed by atoms with Gasteiger partial charge in [-0.25, -0.2) is 0 Å². The lowest BCUT2D eigenvalue weighted by Crippen LogP contribution is -2.11. The molecule has 90 valence electrons. The van der Waals surface area contributed by atoms with Gasteiger partial charge in [-0.05, 0) is 0 Å². The molecule has 0 atom stereocenters. The topological polar surface area (TPSA) is 62.9 Å². The van der Waals surface area contributed by atoms with E-state index in [2.05, 4.69) is 0 Å². The lowest BCUT2D eigenvalue weighted by Gasteiger charge is -2.10. The highest BCUT2D eigenvalue weighted by molar-refractivity contribution is 5.41. The van der Waals surface area contributed by atoms with E-state index in [1.54, 1.807) is 32.4 Å². The number of nitrogens with two attached hydrogens (primary N) is 1. The van der Waals surface area contributed by atoms with Gasteiger partial charge in [0.25, 0.3) is 0 Å². The Balaban J connectivity index is 2.57. The van der Waals surface area contributed by atoms with E-state index < -0.39 is 0 Å². The fourth-order valence-corrected chi connectivity index (χ4v) is 1.17. The molecule has 1 aromatic carbocycles. The third-order valence-electron chi connectivity index (χ3n) is 1.94. The van der Waals surface area contributed by atoms with Crippen molar-refractivity contribution in [2.75, 3.05) is 34.2 Å². The van der Waals surface area contributed by atoms with E-state index in [1.165, 1.54) is 0 Å². The van der Waals surface area contributed by atoms with Gasteiger partial charge in [0.15, 0.2) is 0 Å². The largest absolute Gasteiger partial charge is 0.496 e. The molecule has 5 heteroatoms. The summed E-state index contributed by atoms with van der Waals surface area (Å²) in [6.45, 7) is 1.09. The fraction of sp³-hybridized carbons (Fsp3) is 0.455. The molecule has 0 aliphatic heterocycles. The summed E-state index contributed by atoms with van der Waals surface area (Å²) in [6, 6.07) is 5.35. The maximum absolute atomic E-state index is 5.45. The van der Waals surface area contributed by atoms with Crippen LogP contribution in [0, 0.1) is 0 Å². The van der Waals surface area contributed by atoms with Gasteiger partial charge in [-0.2, -0.15) is 0 Å². The van der Waals surface area contributed by atoms with Gasteiger partial charge in [0.05, 0.1) is 27.6 Å². The highest BCUT2D eigenvalue weighted by Crippen LogP contribution is 2.27. The Morgan fingerprint density at radius 2 is 1.50 bits per heavy atom. The molecule has 0 aliphatic rings. The van der Waals surface area contributed by atoms with Crippen LogP contribution in [0.4, 0.5) is 0 Å². The Morgan fingerprint density at radius 1 is 0.938 bits per heavy atom. The maximum Gasteiger partial charge on any atom is 0.126 e. The minimum Gasteiger partial charge on any atom is -0.496 e. The van der Waals surface area contributed by atoms with Gasteiger partial charge >= 0.3 is 0 Å². The van der Waals surface area contributed by atoms with Gasteiger partial charge in [0.1, 0.15) is 23.9 Å². The van der Waals surface area contributed by atoms with Gasteiger partial charge < -0.3 is 24.7 Å². The van der Waals surface area contributed by atoms with Gasteiger partial charge in [-0.3, -0.25) is 0 Å². The highest BCUT2D eigenvalue weighted by atomic mass is 16.5. The molecule has 0 heterocycles. The van der Waals surface area contributed by atoms with Crippen LogP contribution in [0.15, 0.2) is 18.2 Å². The summed E-state index contributed by atoms with van der Waals surface area (Å²) in [7, 11) is 3.19. The van der Waals surface area contributed by atoms with Gasteiger partial charge in [-0.15, -0.1) is 0 Å². The monoisotopic (exact) mass is 227 g/mol. The third-order valence-corrected chi connectivity index (χ3v) is 1.94. The standard InChI is InChI=1S/C11H17NO4/c1-13-9-5-10(14-2)7-11(6-9)16-4-3-15-8-12/h5-7H,3-4,8,12H2,1-2H3. The predicted octanol–water partition coefficient (Wildman–Crippen LogP) is 1.02. The minimum atomic E-state index is 0.199. The third kappa shape index (κ3) is 3.96. The predicted molar refractivity (Wildman–Crippen MR) is 60.0 cm³/mol. The molecule has 5 nitrogen and oxygen atoms in total. The van der Waals surface area contributed by atoms with E-state index in [1.807, 2.05) is 0 Å². The summed E-state index contributed by atoms with van der Waals surface area (Å²) in [6.07, 6.45) is 0. The average molecular weight is 227 g/mol. The molecule has 0 spiro atoms. The molecule has 0 amide bonds. The molecule has 0 radical (unpaired) electrons. The first-order valence-corrected chi connectivity index (χ1v) is 4.94. The van der Waals surface area contributed by atoms with E-state index >= 15 is 0 Å². The van der Waals surface area contributed by atoms with Crippen molar-refractivity contribution in [3.63, 3.8) is 0 Å². The molecule has 0 bridgehead atoms. The molecule has 0 saturated heterocycles. The van der Waals surface area contributed by atoms with Crippen molar-refractivity contribution in [1.29, 1.82) is 0 Å². The van der Waals surface area contributed by atoms with E-state index in [4.69, 9.17) is 24.7 Å². The summed E-state index contributed by atoms with van der Waals surface area (Å²) in [5.74, 6) is 2.06. The molecular formula is C11H17NO4. The molecule has 0 fully saturated rings. The molecule has 0 saturated carbocycles. The van der Waals surface area contributed by atoms with E-state index in [0.29, 0.717) is 30.5 Å². The Kier molecular flexibility index (Phi) is 5.45. The molecule has 1 aromatic rings. The Morgan fingerprint density at radius 3 is 2.00 bits per heavy atom. The number of methoxy groups -OCH3 is 2. The summed E-state index contributed by atoms with van der Waals surface area (Å²) in [4.78, 5) is 0. The molecular weight excluding hydrogens is 210 g/mol. The Bertz CT molecular complexity index is 295. The van der Waals surface area contributed by atoms with E-state index in [-0.39, 0.29) is 6.73 Å². The molecule has 2 N–H and O–H groups in total. The van der Waals surface area contributed by atoms with Crippen molar-refractivity contribution in [3.8, 4) is 17.2 Å². The van der Waals surface area contributed by atoms with Crippen molar-refractivity contribution in [2.24, 2.45) is 5.73 Å². The fourth-order valence-electron chi connectivity index (χ4n) is 1.17. The quantitative estimate of drug-likeness (QED) is 0.556. The molecule has 16 heavy (non-hydrogen) atoms. The van der Waals surface area contributed by atoms with Crippen LogP contribution in [0.5, 0.6) is 17.2 Å². The SMILES string of the molecule is COc1cc(OC)cc(OCCOCN)c1. The van der Waals surface area contributed by atoms with E-state index in [9.17, 15) is 0 Å². The number of hydrogen-bond acceptors (Lipinski definition) is 5. The normalized spacial score (nSPS) is 9.94.